The van der Waals surface area contributed by atoms with E-state index >= 15 is 0 Å². The summed E-state index contributed by atoms with van der Waals surface area (Å²) in [5, 5.41) is 0. The van der Waals surface area contributed by atoms with E-state index in [1.807, 2.05) is 6.07 Å². The number of carbonyl (C=O) groups is 1. The van der Waals surface area contributed by atoms with Gasteiger partial charge in [0, 0.05) is 17.1 Å². The fraction of sp³-hybridized carbons (Fsp3) is 0.455. The first kappa shape index (κ1) is 11.4. The van der Waals surface area contributed by atoms with Gasteiger partial charge in [0.15, 0.2) is 5.78 Å². The largest absolute Gasteiger partial charge is 0.292 e. The lowest BCUT2D eigenvalue weighted by molar-refractivity contribution is 0.0959. The molecule has 0 N–H and O–H groups in total. The third-order valence-corrected chi connectivity index (χ3v) is 2.71. The van der Waals surface area contributed by atoms with Gasteiger partial charge in [-0.3, -0.25) is 9.78 Å². The van der Waals surface area contributed by atoms with Gasteiger partial charge in [0.2, 0.25) is 0 Å². The Morgan fingerprint density at radius 3 is 2.79 bits per heavy atom. The number of halogens is 1. The molecule has 1 aromatic rings. The predicted octanol–water partition coefficient (Wildman–Crippen LogP) is 3.46. The Balaban J connectivity index is 2.65. The average molecular weight is 256 g/mol. The maximum atomic E-state index is 11.6. The predicted molar refractivity (Wildman–Crippen MR) is 60.3 cm³/mol. The molecule has 1 aromatic heterocycles. The Labute approximate surface area is 92.9 Å². The van der Waals surface area contributed by atoms with Crippen molar-refractivity contribution in [2.24, 2.45) is 5.92 Å². The molecule has 2 nitrogen and oxygen atoms in total. The van der Waals surface area contributed by atoms with Gasteiger partial charge in [-0.05, 0) is 34.0 Å². The molecule has 1 heterocycles. The zero-order chi connectivity index (χ0) is 10.6. The summed E-state index contributed by atoms with van der Waals surface area (Å²) in [5.74, 6) is 0.569. The maximum absolute atomic E-state index is 11.6. The second kappa shape index (κ2) is 5.25. The molecule has 1 atom stereocenters. The summed E-state index contributed by atoms with van der Waals surface area (Å²) < 4.78 is 0.901. The Hall–Kier alpha value is -0.700. The minimum Gasteiger partial charge on any atom is -0.292 e. The zero-order valence-electron chi connectivity index (χ0n) is 8.46. The van der Waals surface area contributed by atoms with Crippen LogP contribution < -0.4 is 0 Å². The van der Waals surface area contributed by atoms with Crippen LogP contribution in [-0.2, 0) is 0 Å². The maximum Gasteiger partial charge on any atom is 0.181 e. The number of nitrogens with zero attached hydrogens (tertiary/aromatic N) is 1. The molecule has 3 heteroatoms. The highest BCUT2D eigenvalue weighted by Crippen LogP contribution is 2.13. The molecular weight excluding hydrogens is 242 g/mol. The van der Waals surface area contributed by atoms with Crippen molar-refractivity contribution in [1.29, 1.82) is 0 Å². The van der Waals surface area contributed by atoms with Crippen LogP contribution in [0.3, 0.4) is 0 Å². The van der Waals surface area contributed by atoms with Crippen molar-refractivity contribution in [1.82, 2.24) is 4.98 Å². The van der Waals surface area contributed by atoms with Crippen molar-refractivity contribution in [2.75, 3.05) is 0 Å². The highest BCUT2D eigenvalue weighted by Gasteiger charge is 2.10. The van der Waals surface area contributed by atoms with Crippen LogP contribution in [0.5, 0.6) is 0 Å². The molecule has 1 rings (SSSR count). The minimum atomic E-state index is 0.131. The average Bonchev–Trinajstić information content (AvgIpc) is 2.18. The first-order valence-corrected chi connectivity index (χ1v) is 5.57. The molecule has 0 aliphatic rings. The molecule has 76 valence electrons. The van der Waals surface area contributed by atoms with Crippen molar-refractivity contribution in [3.05, 3.63) is 28.5 Å². The van der Waals surface area contributed by atoms with Gasteiger partial charge >= 0.3 is 0 Å². The highest BCUT2D eigenvalue weighted by molar-refractivity contribution is 9.10. The molecule has 0 unspecified atom stereocenters. The number of rotatable bonds is 4. The van der Waals surface area contributed by atoms with Crippen LogP contribution in [0.1, 0.15) is 37.2 Å². The third kappa shape index (κ3) is 3.22. The third-order valence-electron chi connectivity index (χ3n) is 2.24. The van der Waals surface area contributed by atoms with Crippen LogP contribution in [0.25, 0.3) is 0 Å². The van der Waals surface area contributed by atoms with Crippen molar-refractivity contribution in [3.63, 3.8) is 0 Å². The molecule has 0 saturated heterocycles. The van der Waals surface area contributed by atoms with Crippen molar-refractivity contribution in [2.45, 2.75) is 26.7 Å². The molecule has 0 spiro atoms. The van der Waals surface area contributed by atoms with E-state index in [1.165, 1.54) is 0 Å². The van der Waals surface area contributed by atoms with E-state index in [4.69, 9.17) is 0 Å². The molecule has 0 aliphatic heterocycles. The van der Waals surface area contributed by atoms with Crippen LogP contribution in [0, 0.1) is 5.92 Å². The molecule has 0 aliphatic carbocycles. The number of hydrogen-bond donors (Lipinski definition) is 0. The summed E-state index contributed by atoms with van der Waals surface area (Å²) in [6, 6.07) is 3.60. The van der Waals surface area contributed by atoms with E-state index in [9.17, 15) is 4.79 Å². The molecule has 0 fully saturated rings. The van der Waals surface area contributed by atoms with E-state index in [1.54, 1.807) is 12.3 Å². The van der Waals surface area contributed by atoms with Gasteiger partial charge in [-0.1, -0.05) is 20.3 Å². The zero-order valence-corrected chi connectivity index (χ0v) is 10.0. The van der Waals surface area contributed by atoms with Gasteiger partial charge in [-0.25, -0.2) is 0 Å². The SMILES string of the molecule is CC[C@@H](C)CC(=O)c1ccc(Br)cn1. The van der Waals surface area contributed by atoms with Crippen LogP contribution in [0.2, 0.25) is 0 Å². The number of hydrogen-bond acceptors (Lipinski definition) is 2. The summed E-state index contributed by atoms with van der Waals surface area (Å²) in [7, 11) is 0. The Morgan fingerprint density at radius 1 is 1.57 bits per heavy atom. The summed E-state index contributed by atoms with van der Waals surface area (Å²) in [5.41, 5.74) is 0.563. The summed E-state index contributed by atoms with van der Waals surface area (Å²) in [6.45, 7) is 4.17. The van der Waals surface area contributed by atoms with Gasteiger partial charge in [0.25, 0.3) is 0 Å². The van der Waals surface area contributed by atoms with Gasteiger partial charge < -0.3 is 0 Å². The molecule has 0 aromatic carbocycles. The number of ketones is 1. The van der Waals surface area contributed by atoms with E-state index in [0.717, 1.165) is 10.9 Å². The van der Waals surface area contributed by atoms with Crippen LogP contribution in [0.4, 0.5) is 0 Å². The van der Waals surface area contributed by atoms with Gasteiger partial charge in [0.1, 0.15) is 5.69 Å². The topological polar surface area (TPSA) is 30.0 Å². The summed E-state index contributed by atoms with van der Waals surface area (Å²) in [4.78, 5) is 15.7. The number of Topliss-reactive ketones (excluding diaryl/α,β-unsaturated/α-hetero) is 1. The lowest BCUT2D eigenvalue weighted by atomic mass is 10.0. The second-order valence-electron chi connectivity index (χ2n) is 3.50. The molecule has 0 radical (unpaired) electrons. The van der Waals surface area contributed by atoms with Crippen molar-refractivity contribution < 1.29 is 4.79 Å². The van der Waals surface area contributed by atoms with Crippen LogP contribution in [0.15, 0.2) is 22.8 Å². The normalized spacial score (nSPS) is 12.5. The van der Waals surface area contributed by atoms with Crippen molar-refractivity contribution >= 4 is 21.7 Å². The quantitative estimate of drug-likeness (QED) is 0.772. The van der Waals surface area contributed by atoms with E-state index in [0.29, 0.717) is 18.0 Å². The fourth-order valence-electron chi connectivity index (χ4n) is 1.11. The summed E-state index contributed by atoms with van der Waals surface area (Å²) >= 11 is 3.29. The second-order valence-corrected chi connectivity index (χ2v) is 4.42. The summed E-state index contributed by atoms with van der Waals surface area (Å²) in [6.07, 6.45) is 3.28. The number of pyridine rings is 1. The van der Waals surface area contributed by atoms with Crippen LogP contribution >= 0.6 is 15.9 Å². The van der Waals surface area contributed by atoms with E-state index < -0.39 is 0 Å². The first-order valence-electron chi connectivity index (χ1n) is 4.78. The van der Waals surface area contributed by atoms with Gasteiger partial charge in [-0.2, -0.15) is 0 Å². The smallest absolute Gasteiger partial charge is 0.181 e. The molecule has 0 bridgehead atoms. The lowest BCUT2D eigenvalue weighted by Crippen LogP contribution is -2.06. The van der Waals surface area contributed by atoms with Gasteiger partial charge in [0.05, 0.1) is 0 Å². The standard InChI is InChI=1S/C11H14BrNO/c1-3-8(2)6-11(14)10-5-4-9(12)7-13-10/h4-5,7-8H,3,6H2,1-2H3/t8-/m1/s1. The van der Waals surface area contributed by atoms with E-state index in [-0.39, 0.29) is 5.78 Å². The lowest BCUT2D eigenvalue weighted by Gasteiger charge is -2.06. The van der Waals surface area contributed by atoms with E-state index in [2.05, 4.69) is 34.8 Å². The molecule has 14 heavy (non-hydrogen) atoms. The molecular formula is C11H14BrNO. The molecule has 0 amide bonds. The number of carbonyl (C=O) groups excluding carboxylic acids is 1. The van der Waals surface area contributed by atoms with Crippen molar-refractivity contribution in [3.8, 4) is 0 Å². The Bertz CT molecular complexity index is 308. The monoisotopic (exact) mass is 255 g/mol. The fourth-order valence-corrected chi connectivity index (χ4v) is 1.34. The number of aromatic nitrogens is 1. The Kier molecular flexibility index (Phi) is 4.26. The van der Waals surface area contributed by atoms with Crippen LogP contribution in [-0.4, -0.2) is 10.8 Å². The highest BCUT2D eigenvalue weighted by atomic mass is 79.9. The first-order chi connectivity index (χ1) is 6.63. The Morgan fingerprint density at radius 2 is 2.29 bits per heavy atom. The van der Waals surface area contributed by atoms with Gasteiger partial charge in [-0.15, -0.1) is 0 Å². The minimum absolute atomic E-state index is 0.131. The molecule has 0 saturated carbocycles.